The number of carbonyl (C=O) groups is 1. The summed E-state index contributed by atoms with van der Waals surface area (Å²) >= 11 is 1.47. The van der Waals surface area contributed by atoms with Gasteiger partial charge in [0.15, 0.2) is 16.5 Å². The molecule has 0 saturated carbocycles. The summed E-state index contributed by atoms with van der Waals surface area (Å²) in [5.74, 6) is 1.05. The minimum Gasteiger partial charge on any atom is -0.454 e. The summed E-state index contributed by atoms with van der Waals surface area (Å²) in [6.07, 6.45) is 2.11. The highest BCUT2D eigenvalue weighted by atomic mass is 32.1. The number of ether oxygens (including phenoxy) is 2. The molecular formula is C21H16FN3O3S. The third kappa shape index (κ3) is 3.54. The van der Waals surface area contributed by atoms with Crippen LogP contribution >= 0.6 is 11.3 Å². The van der Waals surface area contributed by atoms with Crippen molar-refractivity contribution in [3.63, 3.8) is 0 Å². The predicted octanol–water partition coefficient (Wildman–Crippen LogP) is 3.79. The molecule has 1 N–H and O–H groups in total. The van der Waals surface area contributed by atoms with Crippen molar-refractivity contribution in [1.29, 1.82) is 0 Å². The van der Waals surface area contributed by atoms with Crippen molar-refractivity contribution in [3.8, 4) is 22.8 Å². The quantitative estimate of drug-likeness (QED) is 0.545. The average Bonchev–Trinajstić information content (AvgIpc) is 3.43. The molecule has 5 rings (SSSR count). The van der Waals surface area contributed by atoms with Crippen LogP contribution in [0.15, 0.2) is 54.0 Å². The van der Waals surface area contributed by atoms with Gasteiger partial charge in [-0.05, 0) is 42.0 Å². The third-order valence-electron chi connectivity index (χ3n) is 4.69. The van der Waals surface area contributed by atoms with Crippen molar-refractivity contribution in [1.82, 2.24) is 14.7 Å². The third-order valence-corrected chi connectivity index (χ3v) is 5.58. The minimum absolute atomic E-state index is 0.0839. The molecule has 29 heavy (non-hydrogen) atoms. The second-order valence-corrected chi connectivity index (χ2v) is 7.49. The zero-order chi connectivity index (χ0) is 19.8. The van der Waals surface area contributed by atoms with E-state index < -0.39 is 0 Å². The van der Waals surface area contributed by atoms with Crippen LogP contribution in [-0.2, 0) is 17.8 Å². The highest BCUT2D eigenvalue weighted by Crippen LogP contribution is 2.32. The highest BCUT2D eigenvalue weighted by molar-refractivity contribution is 7.15. The zero-order valence-corrected chi connectivity index (χ0v) is 16.0. The molecule has 2 aromatic heterocycles. The predicted molar refractivity (Wildman–Crippen MR) is 107 cm³/mol. The maximum Gasteiger partial charge on any atom is 0.231 e. The van der Waals surface area contributed by atoms with Gasteiger partial charge in [0.05, 0.1) is 12.1 Å². The van der Waals surface area contributed by atoms with Crippen LogP contribution in [0.3, 0.4) is 0 Å². The van der Waals surface area contributed by atoms with E-state index in [1.165, 1.54) is 23.5 Å². The summed E-state index contributed by atoms with van der Waals surface area (Å²) in [6.45, 7) is 0.637. The number of hydrogen-bond acceptors (Lipinski definition) is 5. The Labute approximate surface area is 169 Å². The molecule has 0 radical (unpaired) electrons. The Kier molecular flexibility index (Phi) is 4.40. The molecule has 0 atom stereocenters. The number of imidazole rings is 1. The van der Waals surface area contributed by atoms with Crippen LogP contribution in [0.25, 0.3) is 16.2 Å². The first kappa shape index (κ1) is 17.7. The Morgan fingerprint density at radius 3 is 2.86 bits per heavy atom. The van der Waals surface area contributed by atoms with Crippen molar-refractivity contribution >= 4 is 22.2 Å². The maximum absolute atomic E-state index is 13.1. The van der Waals surface area contributed by atoms with Crippen molar-refractivity contribution in [3.05, 3.63) is 71.1 Å². The largest absolute Gasteiger partial charge is 0.454 e. The molecule has 1 aliphatic heterocycles. The van der Waals surface area contributed by atoms with Gasteiger partial charge in [-0.25, -0.2) is 9.37 Å². The Morgan fingerprint density at radius 2 is 2.00 bits per heavy atom. The lowest BCUT2D eigenvalue weighted by molar-refractivity contribution is -0.120. The lowest BCUT2D eigenvalue weighted by Gasteiger charge is -2.06. The lowest BCUT2D eigenvalue weighted by Crippen LogP contribution is -2.24. The topological polar surface area (TPSA) is 64.9 Å². The summed E-state index contributed by atoms with van der Waals surface area (Å²) in [6, 6.07) is 11.8. The van der Waals surface area contributed by atoms with Gasteiger partial charge in [-0.1, -0.05) is 6.07 Å². The Bertz CT molecular complexity index is 1200. The number of fused-ring (bicyclic) bond motifs is 2. The lowest BCUT2D eigenvalue weighted by atomic mass is 10.2. The second kappa shape index (κ2) is 7.21. The fourth-order valence-corrected chi connectivity index (χ4v) is 4.07. The van der Waals surface area contributed by atoms with E-state index in [1.807, 2.05) is 34.2 Å². The number of carbonyl (C=O) groups excluding carboxylic acids is 1. The first-order chi connectivity index (χ1) is 14.2. The number of nitrogens with zero attached hydrogens (tertiary/aromatic N) is 2. The van der Waals surface area contributed by atoms with Crippen LogP contribution in [0.5, 0.6) is 11.5 Å². The first-order valence-corrected chi connectivity index (χ1v) is 9.90. The van der Waals surface area contributed by atoms with Gasteiger partial charge < -0.3 is 14.8 Å². The fourth-order valence-electron chi connectivity index (χ4n) is 3.19. The van der Waals surface area contributed by atoms with E-state index >= 15 is 0 Å². The van der Waals surface area contributed by atoms with Gasteiger partial charge in [-0.2, -0.15) is 0 Å². The molecular weight excluding hydrogens is 393 g/mol. The molecule has 146 valence electrons. The van der Waals surface area contributed by atoms with Gasteiger partial charge in [0, 0.05) is 29.4 Å². The smallest absolute Gasteiger partial charge is 0.231 e. The summed E-state index contributed by atoms with van der Waals surface area (Å²) in [5.41, 5.74) is 3.38. The highest BCUT2D eigenvalue weighted by Gasteiger charge is 2.15. The molecule has 0 aliphatic carbocycles. The van der Waals surface area contributed by atoms with Gasteiger partial charge in [-0.15, -0.1) is 11.3 Å². The number of hydrogen-bond donors (Lipinski definition) is 1. The summed E-state index contributed by atoms with van der Waals surface area (Å²) in [5, 5.41) is 4.86. The molecule has 8 heteroatoms. The molecule has 0 spiro atoms. The summed E-state index contributed by atoms with van der Waals surface area (Å²) in [7, 11) is 0. The van der Waals surface area contributed by atoms with E-state index in [-0.39, 0.29) is 24.9 Å². The number of benzene rings is 2. The molecule has 6 nitrogen and oxygen atoms in total. The summed E-state index contributed by atoms with van der Waals surface area (Å²) in [4.78, 5) is 17.8. The number of rotatable bonds is 5. The normalized spacial score (nSPS) is 12.4. The minimum atomic E-state index is -0.283. The number of nitrogens with one attached hydrogen (secondary N) is 1. The van der Waals surface area contributed by atoms with E-state index in [9.17, 15) is 9.18 Å². The number of amides is 1. The standard InChI is InChI=1S/C21H16FN3O3S/c22-15-4-2-14(3-5-15)17-10-25-16(11-29-21(25)24-17)8-20(26)23-9-13-1-6-18-19(7-13)28-12-27-18/h1-7,10-11H,8-9,12H2,(H,23,26). The van der Waals surface area contributed by atoms with Crippen LogP contribution in [0.1, 0.15) is 11.3 Å². The van der Waals surface area contributed by atoms with Gasteiger partial charge in [0.25, 0.3) is 0 Å². The Morgan fingerprint density at radius 1 is 1.17 bits per heavy atom. The SMILES string of the molecule is O=C(Cc1csc2nc(-c3ccc(F)cc3)cn12)NCc1ccc2c(c1)OCO2. The van der Waals surface area contributed by atoms with E-state index in [2.05, 4.69) is 10.3 Å². The zero-order valence-electron chi connectivity index (χ0n) is 15.2. The fraction of sp³-hybridized carbons (Fsp3) is 0.143. The number of halogens is 1. The van der Waals surface area contributed by atoms with Crippen molar-refractivity contribution in [2.75, 3.05) is 6.79 Å². The van der Waals surface area contributed by atoms with E-state index in [0.29, 0.717) is 12.3 Å². The first-order valence-electron chi connectivity index (χ1n) is 9.02. The monoisotopic (exact) mass is 409 g/mol. The number of thiazole rings is 1. The molecule has 0 unspecified atom stereocenters. The molecule has 4 aromatic rings. The van der Waals surface area contributed by atoms with E-state index in [0.717, 1.165) is 33.2 Å². The summed E-state index contributed by atoms with van der Waals surface area (Å²) < 4.78 is 25.7. The molecule has 0 saturated heterocycles. The van der Waals surface area contributed by atoms with Crippen molar-refractivity contribution < 1.29 is 18.7 Å². The van der Waals surface area contributed by atoms with E-state index in [4.69, 9.17) is 9.47 Å². The number of aromatic nitrogens is 2. The molecule has 0 fully saturated rings. The van der Waals surface area contributed by atoms with Crippen LogP contribution < -0.4 is 14.8 Å². The molecule has 1 amide bonds. The molecule has 1 aliphatic rings. The van der Waals surface area contributed by atoms with Crippen LogP contribution in [0.2, 0.25) is 0 Å². The van der Waals surface area contributed by atoms with Crippen LogP contribution in [0, 0.1) is 5.82 Å². The van der Waals surface area contributed by atoms with Gasteiger partial charge in [0.1, 0.15) is 5.82 Å². The Balaban J connectivity index is 1.27. The van der Waals surface area contributed by atoms with Crippen LogP contribution in [0.4, 0.5) is 4.39 Å². The van der Waals surface area contributed by atoms with E-state index in [1.54, 1.807) is 12.1 Å². The molecule has 0 bridgehead atoms. The van der Waals surface area contributed by atoms with Crippen LogP contribution in [-0.4, -0.2) is 22.1 Å². The van der Waals surface area contributed by atoms with Gasteiger partial charge >= 0.3 is 0 Å². The molecule has 3 heterocycles. The van der Waals surface area contributed by atoms with Gasteiger partial charge in [-0.3, -0.25) is 9.20 Å². The Hall–Kier alpha value is -3.39. The molecule has 2 aromatic carbocycles. The average molecular weight is 409 g/mol. The van der Waals surface area contributed by atoms with Crippen molar-refractivity contribution in [2.45, 2.75) is 13.0 Å². The second-order valence-electron chi connectivity index (χ2n) is 6.65. The maximum atomic E-state index is 13.1. The van der Waals surface area contributed by atoms with Crippen molar-refractivity contribution in [2.24, 2.45) is 0 Å². The van der Waals surface area contributed by atoms with Gasteiger partial charge in [0.2, 0.25) is 12.7 Å².